The van der Waals surface area contributed by atoms with Gasteiger partial charge in [0.15, 0.2) is 0 Å². The number of hydrogen-bond donors (Lipinski definition) is 1. The van der Waals surface area contributed by atoms with E-state index in [1.54, 1.807) is 0 Å². The van der Waals surface area contributed by atoms with Gasteiger partial charge in [-0.25, -0.2) is 0 Å². The van der Waals surface area contributed by atoms with Gasteiger partial charge in [0, 0.05) is 22.5 Å². The summed E-state index contributed by atoms with van der Waals surface area (Å²) in [6.45, 7) is 4.65. The van der Waals surface area contributed by atoms with Crippen LogP contribution >= 0.6 is 15.9 Å². The number of halogens is 1. The molecule has 2 N–H and O–H groups in total. The highest BCUT2D eigenvalue weighted by atomic mass is 79.9. The molecular weight excluding hydrogens is 290 g/mol. The van der Waals surface area contributed by atoms with Crippen LogP contribution in [0.25, 0.3) is 0 Å². The predicted octanol–water partition coefficient (Wildman–Crippen LogP) is 4.18. The maximum Gasteiger partial charge on any atom is 0.126 e. The van der Waals surface area contributed by atoms with Crippen molar-refractivity contribution >= 4 is 15.9 Å². The first kappa shape index (κ1) is 12.5. The first-order valence-electron chi connectivity index (χ1n) is 6.63. The van der Waals surface area contributed by atoms with Crippen molar-refractivity contribution in [3.05, 3.63) is 28.2 Å². The fourth-order valence-corrected chi connectivity index (χ4v) is 3.91. The summed E-state index contributed by atoms with van der Waals surface area (Å²) in [4.78, 5) is 0. The van der Waals surface area contributed by atoms with E-state index in [0.29, 0.717) is 5.41 Å². The van der Waals surface area contributed by atoms with E-state index in [1.807, 2.05) is 6.07 Å². The van der Waals surface area contributed by atoms with E-state index in [2.05, 4.69) is 41.9 Å². The van der Waals surface area contributed by atoms with E-state index in [-0.39, 0.29) is 11.6 Å². The lowest BCUT2D eigenvalue weighted by Gasteiger charge is -2.39. The molecule has 1 aromatic rings. The Balaban J connectivity index is 1.96. The Morgan fingerprint density at radius 2 is 2.11 bits per heavy atom. The molecule has 1 aliphatic carbocycles. The van der Waals surface area contributed by atoms with Crippen molar-refractivity contribution in [2.75, 3.05) is 0 Å². The molecule has 1 saturated carbocycles. The molecule has 1 aromatic carbocycles. The zero-order valence-electron chi connectivity index (χ0n) is 11.0. The highest BCUT2D eigenvalue weighted by Gasteiger charge is 2.48. The lowest BCUT2D eigenvalue weighted by atomic mass is 9.83. The van der Waals surface area contributed by atoms with Gasteiger partial charge in [-0.15, -0.1) is 0 Å². The molecule has 1 spiro atoms. The molecule has 2 aliphatic rings. The molecule has 18 heavy (non-hydrogen) atoms. The topological polar surface area (TPSA) is 35.2 Å². The van der Waals surface area contributed by atoms with Crippen molar-refractivity contribution < 1.29 is 4.74 Å². The van der Waals surface area contributed by atoms with Crippen molar-refractivity contribution in [3.8, 4) is 5.75 Å². The fraction of sp³-hybridized carbons (Fsp3) is 0.600. The van der Waals surface area contributed by atoms with Gasteiger partial charge in [0.2, 0.25) is 0 Å². The summed E-state index contributed by atoms with van der Waals surface area (Å²) >= 11 is 3.51. The van der Waals surface area contributed by atoms with Crippen molar-refractivity contribution in [1.82, 2.24) is 0 Å². The summed E-state index contributed by atoms with van der Waals surface area (Å²) in [5, 5.41) is 0. The second-order valence-corrected chi connectivity index (χ2v) is 7.53. The second kappa shape index (κ2) is 3.97. The summed E-state index contributed by atoms with van der Waals surface area (Å²) in [6.07, 6.45) is 4.41. The largest absolute Gasteiger partial charge is 0.487 e. The van der Waals surface area contributed by atoms with Crippen molar-refractivity contribution in [2.24, 2.45) is 11.1 Å². The third kappa shape index (κ3) is 2.08. The van der Waals surface area contributed by atoms with Gasteiger partial charge in [-0.3, -0.25) is 0 Å². The van der Waals surface area contributed by atoms with Gasteiger partial charge in [0.25, 0.3) is 0 Å². The maximum absolute atomic E-state index is 6.36. The third-order valence-corrected chi connectivity index (χ3v) is 4.84. The SMILES string of the molecule is CC1(C)CCC2(CC(N)c3ccc(Br)cc3O2)C1. The van der Waals surface area contributed by atoms with Gasteiger partial charge >= 0.3 is 0 Å². The average molecular weight is 310 g/mol. The first-order chi connectivity index (χ1) is 8.39. The van der Waals surface area contributed by atoms with Crippen LogP contribution in [-0.4, -0.2) is 5.60 Å². The van der Waals surface area contributed by atoms with Gasteiger partial charge in [0.05, 0.1) is 0 Å². The maximum atomic E-state index is 6.36. The Morgan fingerprint density at radius 3 is 2.78 bits per heavy atom. The minimum absolute atomic E-state index is 0.0310. The van der Waals surface area contributed by atoms with Crippen molar-refractivity contribution in [1.29, 1.82) is 0 Å². The van der Waals surface area contributed by atoms with E-state index < -0.39 is 0 Å². The predicted molar refractivity (Wildman–Crippen MR) is 76.7 cm³/mol. The number of benzene rings is 1. The first-order valence-corrected chi connectivity index (χ1v) is 7.43. The molecule has 1 aliphatic heterocycles. The molecule has 3 heteroatoms. The molecule has 2 atom stereocenters. The Morgan fingerprint density at radius 1 is 1.33 bits per heavy atom. The highest BCUT2D eigenvalue weighted by molar-refractivity contribution is 9.10. The number of ether oxygens (including phenoxy) is 1. The molecule has 98 valence electrons. The molecule has 0 radical (unpaired) electrons. The second-order valence-electron chi connectivity index (χ2n) is 6.62. The quantitative estimate of drug-likeness (QED) is 0.780. The molecule has 2 nitrogen and oxygen atoms in total. The van der Waals surface area contributed by atoms with E-state index >= 15 is 0 Å². The standard InChI is InChI=1S/C15H20BrNO/c1-14(2)5-6-15(9-14)8-12(17)11-4-3-10(16)7-13(11)18-15/h3-4,7,12H,5-6,8-9,17H2,1-2H3. The summed E-state index contributed by atoms with van der Waals surface area (Å²) in [5.74, 6) is 0.973. The molecule has 0 bridgehead atoms. The van der Waals surface area contributed by atoms with Gasteiger partial charge in [-0.05, 0) is 36.8 Å². The van der Waals surface area contributed by atoms with Gasteiger partial charge in [-0.1, -0.05) is 35.8 Å². The van der Waals surface area contributed by atoms with E-state index in [4.69, 9.17) is 10.5 Å². The van der Waals surface area contributed by atoms with Crippen LogP contribution in [0.5, 0.6) is 5.75 Å². The average Bonchev–Trinajstić information content (AvgIpc) is 2.53. The Kier molecular flexibility index (Phi) is 2.76. The van der Waals surface area contributed by atoms with Gasteiger partial charge in [0.1, 0.15) is 11.4 Å². The molecule has 1 heterocycles. The Bertz CT molecular complexity index is 485. The van der Waals surface area contributed by atoms with Crippen molar-refractivity contribution in [3.63, 3.8) is 0 Å². The van der Waals surface area contributed by atoms with Crippen LogP contribution in [0.4, 0.5) is 0 Å². The smallest absolute Gasteiger partial charge is 0.126 e. The van der Waals surface area contributed by atoms with Crippen LogP contribution < -0.4 is 10.5 Å². The van der Waals surface area contributed by atoms with E-state index in [0.717, 1.165) is 35.0 Å². The van der Waals surface area contributed by atoms with Gasteiger partial charge in [-0.2, -0.15) is 0 Å². The normalized spacial score (nSPS) is 33.2. The zero-order valence-corrected chi connectivity index (χ0v) is 12.6. The molecule has 3 rings (SSSR count). The summed E-state index contributed by atoms with van der Waals surface area (Å²) in [7, 11) is 0. The molecule has 0 amide bonds. The van der Waals surface area contributed by atoms with Crippen molar-refractivity contribution in [2.45, 2.75) is 51.2 Å². The Hall–Kier alpha value is -0.540. The number of fused-ring (bicyclic) bond motifs is 1. The van der Waals surface area contributed by atoms with Crippen LogP contribution in [0.3, 0.4) is 0 Å². The highest BCUT2D eigenvalue weighted by Crippen LogP contribution is 2.52. The number of hydrogen-bond acceptors (Lipinski definition) is 2. The molecular formula is C15H20BrNO. The minimum Gasteiger partial charge on any atom is -0.487 e. The van der Waals surface area contributed by atoms with Crippen LogP contribution in [0.15, 0.2) is 22.7 Å². The lowest BCUT2D eigenvalue weighted by molar-refractivity contribution is 0.0331. The fourth-order valence-electron chi connectivity index (χ4n) is 3.57. The number of nitrogens with two attached hydrogens (primary N) is 1. The molecule has 1 fully saturated rings. The van der Waals surface area contributed by atoms with E-state index in [1.165, 1.54) is 6.42 Å². The lowest BCUT2D eigenvalue weighted by Crippen LogP contribution is -2.41. The monoisotopic (exact) mass is 309 g/mol. The summed E-state index contributed by atoms with van der Waals surface area (Å²) in [5.41, 5.74) is 7.84. The van der Waals surface area contributed by atoms with Gasteiger partial charge < -0.3 is 10.5 Å². The third-order valence-electron chi connectivity index (χ3n) is 4.35. The minimum atomic E-state index is -0.0310. The van der Waals surface area contributed by atoms with Crippen LogP contribution in [0.2, 0.25) is 0 Å². The molecule has 0 aromatic heterocycles. The van der Waals surface area contributed by atoms with Crippen LogP contribution in [0.1, 0.15) is 51.1 Å². The van der Waals surface area contributed by atoms with E-state index in [9.17, 15) is 0 Å². The zero-order chi connectivity index (χ0) is 13.0. The van der Waals surface area contributed by atoms with Crippen LogP contribution in [-0.2, 0) is 0 Å². The number of rotatable bonds is 0. The molecule has 2 unspecified atom stereocenters. The van der Waals surface area contributed by atoms with Crippen LogP contribution in [0, 0.1) is 5.41 Å². The summed E-state index contributed by atoms with van der Waals surface area (Å²) < 4.78 is 7.42. The molecule has 0 saturated heterocycles. The Labute approximate surface area is 117 Å². The summed E-state index contributed by atoms with van der Waals surface area (Å²) in [6, 6.07) is 6.28.